The van der Waals surface area contributed by atoms with Crippen molar-refractivity contribution in [3.63, 3.8) is 0 Å². The number of rotatable bonds is 8. The summed E-state index contributed by atoms with van der Waals surface area (Å²) in [7, 11) is 4.46. The SMILES string of the molecule is COc1cc(C(=O)Oc2ccc(C=NNc3ccccn3)cc2)cc(OC)c1OC. The molecular weight excluding hydrogens is 386 g/mol. The predicted octanol–water partition coefficient (Wildman–Crippen LogP) is 3.77. The molecule has 30 heavy (non-hydrogen) atoms. The van der Waals surface area contributed by atoms with Gasteiger partial charge in [0.25, 0.3) is 0 Å². The Hall–Kier alpha value is -4.07. The maximum absolute atomic E-state index is 12.5. The monoisotopic (exact) mass is 407 g/mol. The Morgan fingerprint density at radius 3 is 2.23 bits per heavy atom. The first-order chi connectivity index (χ1) is 14.6. The van der Waals surface area contributed by atoms with Crippen molar-refractivity contribution in [3.8, 4) is 23.0 Å². The fraction of sp³-hybridized carbons (Fsp3) is 0.136. The number of ether oxygens (including phenoxy) is 4. The average molecular weight is 407 g/mol. The third-order valence-electron chi connectivity index (χ3n) is 4.05. The Kier molecular flexibility index (Phi) is 6.83. The van der Waals surface area contributed by atoms with Gasteiger partial charge in [-0.25, -0.2) is 9.78 Å². The Labute approximate surface area is 174 Å². The molecule has 0 aliphatic carbocycles. The van der Waals surface area contributed by atoms with E-state index in [-0.39, 0.29) is 5.56 Å². The minimum Gasteiger partial charge on any atom is -0.493 e. The molecule has 0 bridgehead atoms. The van der Waals surface area contributed by atoms with Gasteiger partial charge in [-0.05, 0) is 54.1 Å². The summed E-state index contributed by atoms with van der Waals surface area (Å²) in [6, 6.07) is 15.5. The first-order valence-electron chi connectivity index (χ1n) is 8.97. The Balaban J connectivity index is 1.67. The minimum absolute atomic E-state index is 0.273. The number of anilines is 1. The number of hydrazone groups is 1. The Bertz CT molecular complexity index is 996. The van der Waals surface area contributed by atoms with E-state index >= 15 is 0 Å². The van der Waals surface area contributed by atoms with E-state index in [4.69, 9.17) is 18.9 Å². The van der Waals surface area contributed by atoms with E-state index in [9.17, 15) is 4.79 Å². The van der Waals surface area contributed by atoms with Gasteiger partial charge in [0.15, 0.2) is 11.5 Å². The fourth-order valence-corrected chi connectivity index (χ4v) is 2.59. The molecule has 0 saturated carbocycles. The largest absolute Gasteiger partial charge is 0.493 e. The molecule has 154 valence electrons. The molecule has 0 spiro atoms. The third-order valence-corrected chi connectivity index (χ3v) is 4.05. The van der Waals surface area contributed by atoms with Crippen molar-refractivity contribution in [1.29, 1.82) is 0 Å². The number of methoxy groups -OCH3 is 3. The lowest BCUT2D eigenvalue weighted by molar-refractivity contribution is 0.0734. The van der Waals surface area contributed by atoms with Crippen LogP contribution in [0.15, 0.2) is 65.9 Å². The average Bonchev–Trinajstić information content (AvgIpc) is 2.79. The summed E-state index contributed by atoms with van der Waals surface area (Å²) in [6.45, 7) is 0. The number of carbonyl (C=O) groups is 1. The molecule has 3 rings (SSSR count). The molecule has 8 nitrogen and oxygen atoms in total. The minimum atomic E-state index is -0.549. The number of aromatic nitrogens is 1. The van der Waals surface area contributed by atoms with Crippen LogP contribution in [0.5, 0.6) is 23.0 Å². The molecule has 0 radical (unpaired) electrons. The van der Waals surface area contributed by atoms with Crippen LogP contribution in [0.3, 0.4) is 0 Å². The summed E-state index contributed by atoms with van der Waals surface area (Å²) in [5.41, 5.74) is 3.93. The number of benzene rings is 2. The zero-order valence-corrected chi connectivity index (χ0v) is 16.8. The lowest BCUT2D eigenvalue weighted by Gasteiger charge is -2.13. The van der Waals surface area contributed by atoms with E-state index in [1.165, 1.54) is 33.5 Å². The molecule has 0 aliphatic heterocycles. The van der Waals surface area contributed by atoms with Gasteiger partial charge >= 0.3 is 5.97 Å². The molecule has 0 fully saturated rings. The second-order valence-electron chi connectivity index (χ2n) is 5.96. The van der Waals surface area contributed by atoms with Crippen molar-refractivity contribution in [3.05, 3.63) is 71.9 Å². The normalized spacial score (nSPS) is 10.5. The van der Waals surface area contributed by atoms with Crippen LogP contribution in [0.4, 0.5) is 5.82 Å². The second-order valence-corrected chi connectivity index (χ2v) is 5.96. The standard InChI is InChI=1S/C22H21N3O5/c1-27-18-12-16(13-19(28-2)21(18)29-3)22(26)30-17-9-7-15(8-10-17)14-24-25-20-6-4-5-11-23-20/h4-14H,1-3H3,(H,23,25). The van der Waals surface area contributed by atoms with Crippen LogP contribution in [0.1, 0.15) is 15.9 Å². The molecule has 1 heterocycles. The summed E-state index contributed by atoms with van der Waals surface area (Å²) in [6.07, 6.45) is 3.31. The number of esters is 1. The van der Waals surface area contributed by atoms with Crippen LogP contribution >= 0.6 is 0 Å². The number of pyridine rings is 1. The number of hydrogen-bond donors (Lipinski definition) is 1. The van der Waals surface area contributed by atoms with E-state index in [1.807, 2.05) is 18.2 Å². The highest BCUT2D eigenvalue weighted by Gasteiger charge is 2.18. The van der Waals surface area contributed by atoms with Crippen molar-refractivity contribution in [2.45, 2.75) is 0 Å². The van der Waals surface area contributed by atoms with Gasteiger partial charge in [0, 0.05) is 6.20 Å². The molecular formula is C22H21N3O5. The number of nitrogens with one attached hydrogen (secondary N) is 1. The third kappa shape index (κ3) is 5.05. The van der Waals surface area contributed by atoms with Crippen LogP contribution in [0, 0.1) is 0 Å². The van der Waals surface area contributed by atoms with Crippen molar-refractivity contribution in [1.82, 2.24) is 4.98 Å². The van der Waals surface area contributed by atoms with Crippen molar-refractivity contribution < 1.29 is 23.7 Å². The predicted molar refractivity (Wildman–Crippen MR) is 113 cm³/mol. The zero-order chi connectivity index (χ0) is 21.3. The maximum atomic E-state index is 12.5. The highest BCUT2D eigenvalue weighted by Crippen LogP contribution is 2.38. The lowest BCUT2D eigenvalue weighted by Crippen LogP contribution is -2.09. The number of hydrogen-bond acceptors (Lipinski definition) is 8. The molecule has 0 saturated heterocycles. The molecule has 2 aromatic carbocycles. The van der Waals surface area contributed by atoms with Gasteiger partial charge in [-0.3, -0.25) is 5.43 Å². The van der Waals surface area contributed by atoms with Gasteiger partial charge in [0.1, 0.15) is 11.6 Å². The summed E-state index contributed by atoms with van der Waals surface area (Å²) >= 11 is 0. The molecule has 0 amide bonds. The quantitative estimate of drug-likeness (QED) is 0.263. The molecule has 1 N–H and O–H groups in total. The molecule has 1 aromatic heterocycles. The van der Waals surface area contributed by atoms with Crippen LogP contribution in [0.2, 0.25) is 0 Å². The van der Waals surface area contributed by atoms with Gasteiger partial charge in [0.05, 0.1) is 33.1 Å². The molecule has 0 aliphatic rings. The number of carbonyl (C=O) groups excluding carboxylic acids is 1. The van der Waals surface area contributed by atoms with Gasteiger partial charge in [-0.1, -0.05) is 6.07 Å². The van der Waals surface area contributed by atoms with Crippen LogP contribution < -0.4 is 24.4 Å². The van der Waals surface area contributed by atoms with E-state index in [0.29, 0.717) is 28.8 Å². The summed E-state index contributed by atoms with van der Waals surface area (Å²) < 4.78 is 21.2. The highest BCUT2D eigenvalue weighted by molar-refractivity contribution is 5.93. The van der Waals surface area contributed by atoms with E-state index in [0.717, 1.165) is 5.56 Å². The van der Waals surface area contributed by atoms with E-state index in [1.54, 1.807) is 36.7 Å². The summed E-state index contributed by atoms with van der Waals surface area (Å²) in [5, 5.41) is 4.12. The summed E-state index contributed by atoms with van der Waals surface area (Å²) in [5.74, 6) is 1.63. The fourth-order valence-electron chi connectivity index (χ4n) is 2.59. The maximum Gasteiger partial charge on any atom is 0.343 e. The zero-order valence-electron chi connectivity index (χ0n) is 16.8. The van der Waals surface area contributed by atoms with Crippen molar-refractivity contribution in [2.75, 3.05) is 26.8 Å². The van der Waals surface area contributed by atoms with E-state index in [2.05, 4.69) is 15.5 Å². The second kappa shape index (κ2) is 9.92. The first-order valence-corrected chi connectivity index (χ1v) is 8.97. The van der Waals surface area contributed by atoms with Gasteiger partial charge in [0.2, 0.25) is 5.75 Å². The van der Waals surface area contributed by atoms with Gasteiger partial charge in [-0.15, -0.1) is 0 Å². The van der Waals surface area contributed by atoms with Gasteiger partial charge in [-0.2, -0.15) is 5.10 Å². The van der Waals surface area contributed by atoms with Gasteiger partial charge < -0.3 is 18.9 Å². The molecule has 8 heteroatoms. The first kappa shape index (κ1) is 20.7. The van der Waals surface area contributed by atoms with Crippen LogP contribution in [0.25, 0.3) is 0 Å². The molecule has 3 aromatic rings. The molecule has 0 atom stereocenters. The van der Waals surface area contributed by atoms with Crippen LogP contribution in [-0.4, -0.2) is 38.5 Å². The molecule has 0 unspecified atom stereocenters. The van der Waals surface area contributed by atoms with Crippen LogP contribution in [-0.2, 0) is 0 Å². The summed E-state index contributed by atoms with van der Waals surface area (Å²) in [4.78, 5) is 16.7. The van der Waals surface area contributed by atoms with Crippen molar-refractivity contribution >= 4 is 18.0 Å². The van der Waals surface area contributed by atoms with Crippen molar-refractivity contribution in [2.24, 2.45) is 5.10 Å². The Morgan fingerprint density at radius 2 is 1.67 bits per heavy atom. The number of nitrogens with zero attached hydrogens (tertiary/aromatic N) is 2. The highest BCUT2D eigenvalue weighted by atomic mass is 16.5. The smallest absolute Gasteiger partial charge is 0.343 e. The lowest BCUT2D eigenvalue weighted by atomic mass is 10.2. The Morgan fingerprint density at radius 1 is 0.967 bits per heavy atom. The van der Waals surface area contributed by atoms with E-state index < -0.39 is 5.97 Å². The topological polar surface area (TPSA) is 91.3 Å².